The van der Waals surface area contributed by atoms with Crippen LogP contribution in [0.4, 0.5) is 11.4 Å². The minimum absolute atomic E-state index is 0.164. The summed E-state index contributed by atoms with van der Waals surface area (Å²) in [5.74, 6) is 0.448. The van der Waals surface area contributed by atoms with Crippen molar-refractivity contribution in [2.45, 2.75) is 12.8 Å². The van der Waals surface area contributed by atoms with Crippen molar-refractivity contribution in [2.24, 2.45) is 0 Å². The van der Waals surface area contributed by atoms with Crippen LogP contribution in [-0.4, -0.2) is 25.2 Å². The number of anilines is 2. The lowest BCUT2D eigenvalue weighted by atomic mass is 10.3. The van der Waals surface area contributed by atoms with Gasteiger partial charge in [0.1, 0.15) is 5.75 Å². The molecule has 0 amide bonds. The van der Waals surface area contributed by atoms with Crippen molar-refractivity contribution in [1.82, 2.24) is 0 Å². The number of para-hydroxylation sites is 3. The van der Waals surface area contributed by atoms with Crippen LogP contribution in [0, 0.1) is 0 Å². The molecule has 0 atom stereocenters. The SMILES string of the molecule is O=C(CCCP1N(c2ccccc2)CCN1c1ccccc1)Oc1ccccc1. The number of ether oxygens (including phenoxy) is 1. The molecule has 0 radical (unpaired) electrons. The third-order valence-corrected chi connectivity index (χ3v) is 7.60. The highest BCUT2D eigenvalue weighted by atomic mass is 31.1. The van der Waals surface area contributed by atoms with Crippen LogP contribution >= 0.6 is 8.22 Å². The number of carbonyl (C=O) groups is 1. The molecule has 0 N–H and O–H groups in total. The van der Waals surface area contributed by atoms with Gasteiger partial charge in [-0.15, -0.1) is 0 Å². The number of esters is 1. The molecule has 3 aromatic carbocycles. The van der Waals surface area contributed by atoms with Crippen LogP contribution in [-0.2, 0) is 4.79 Å². The number of benzene rings is 3. The van der Waals surface area contributed by atoms with Crippen LogP contribution in [0.5, 0.6) is 5.75 Å². The maximum Gasteiger partial charge on any atom is 0.311 e. The topological polar surface area (TPSA) is 32.8 Å². The molecule has 0 spiro atoms. The van der Waals surface area contributed by atoms with Crippen LogP contribution in [0.3, 0.4) is 0 Å². The highest BCUT2D eigenvalue weighted by Gasteiger charge is 2.32. The minimum Gasteiger partial charge on any atom is -0.427 e. The summed E-state index contributed by atoms with van der Waals surface area (Å²) in [6.07, 6.45) is 2.20. The molecule has 0 bridgehead atoms. The summed E-state index contributed by atoms with van der Waals surface area (Å²) < 4.78 is 10.5. The Bertz CT molecular complexity index is 858. The zero-order valence-corrected chi connectivity index (χ0v) is 17.2. The van der Waals surface area contributed by atoms with E-state index in [4.69, 9.17) is 4.74 Å². The van der Waals surface area contributed by atoms with E-state index in [-0.39, 0.29) is 5.97 Å². The fourth-order valence-electron chi connectivity index (χ4n) is 3.55. The lowest BCUT2D eigenvalue weighted by molar-refractivity contribution is -0.134. The maximum atomic E-state index is 12.2. The molecule has 5 heteroatoms. The average Bonchev–Trinajstić information content (AvgIpc) is 3.19. The minimum atomic E-state index is -0.556. The predicted molar refractivity (Wildman–Crippen MR) is 121 cm³/mol. The van der Waals surface area contributed by atoms with E-state index in [0.29, 0.717) is 12.2 Å². The van der Waals surface area contributed by atoms with Crippen LogP contribution in [0.25, 0.3) is 0 Å². The van der Waals surface area contributed by atoms with Crippen LogP contribution in [0.2, 0.25) is 0 Å². The summed E-state index contributed by atoms with van der Waals surface area (Å²) in [6, 6.07) is 30.4. The van der Waals surface area contributed by atoms with Crippen molar-refractivity contribution >= 4 is 25.6 Å². The molecule has 1 saturated heterocycles. The van der Waals surface area contributed by atoms with Gasteiger partial charge in [-0.3, -0.25) is 4.79 Å². The van der Waals surface area contributed by atoms with Gasteiger partial charge in [0.05, 0.1) is 8.22 Å². The molecule has 0 saturated carbocycles. The molecule has 4 rings (SSSR count). The van der Waals surface area contributed by atoms with Crippen molar-refractivity contribution in [2.75, 3.05) is 28.6 Å². The smallest absolute Gasteiger partial charge is 0.311 e. The molecule has 148 valence electrons. The number of carbonyl (C=O) groups excluding carboxylic acids is 1. The predicted octanol–water partition coefficient (Wildman–Crippen LogP) is 5.71. The summed E-state index contributed by atoms with van der Waals surface area (Å²) in [4.78, 5) is 12.2. The van der Waals surface area contributed by atoms with E-state index in [9.17, 15) is 4.79 Å². The summed E-state index contributed by atoms with van der Waals surface area (Å²) in [7, 11) is -0.556. The number of hydrogen-bond donors (Lipinski definition) is 0. The Balaban J connectivity index is 1.42. The van der Waals surface area contributed by atoms with E-state index in [1.54, 1.807) is 0 Å². The number of nitrogens with zero attached hydrogens (tertiary/aromatic N) is 2. The Morgan fingerprint density at radius 1 is 0.759 bits per heavy atom. The van der Waals surface area contributed by atoms with Gasteiger partial charge >= 0.3 is 5.97 Å². The standard InChI is InChI=1S/C24H25N2O2P/c27-24(28-23-15-8-3-9-16-23)17-10-20-29-25(21-11-4-1-5-12-21)18-19-26(29)22-13-6-2-7-14-22/h1-9,11-16H,10,17-20H2. The molecule has 0 unspecified atom stereocenters. The van der Waals surface area contributed by atoms with E-state index in [1.165, 1.54) is 11.4 Å². The van der Waals surface area contributed by atoms with Gasteiger partial charge in [-0.05, 0) is 42.8 Å². The third kappa shape index (κ3) is 4.96. The molecule has 4 nitrogen and oxygen atoms in total. The van der Waals surface area contributed by atoms with Gasteiger partial charge in [0, 0.05) is 37.0 Å². The molecule has 0 aromatic heterocycles. The second kappa shape index (κ2) is 9.58. The fourth-order valence-corrected chi connectivity index (χ4v) is 6.18. The molecule has 1 heterocycles. The normalized spacial score (nSPS) is 14.2. The lowest BCUT2D eigenvalue weighted by Crippen LogP contribution is -2.18. The molecular formula is C24H25N2O2P. The van der Waals surface area contributed by atoms with E-state index in [1.807, 2.05) is 30.3 Å². The molecule has 29 heavy (non-hydrogen) atoms. The second-order valence-electron chi connectivity index (χ2n) is 6.90. The monoisotopic (exact) mass is 404 g/mol. The van der Waals surface area contributed by atoms with Gasteiger partial charge in [0.2, 0.25) is 0 Å². The van der Waals surface area contributed by atoms with Gasteiger partial charge < -0.3 is 14.1 Å². The average molecular weight is 404 g/mol. The Morgan fingerprint density at radius 3 is 1.76 bits per heavy atom. The summed E-state index contributed by atoms with van der Waals surface area (Å²) in [5, 5.41) is 0. The maximum absolute atomic E-state index is 12.2. The highest BCUT2D eigenvalue weighted by Crippen LogP contribution is 2.53. The molecule has 0 aliphatic carbocycles. The Labute approximate surface area is 173 Å². The van der Waals surface area contributed by atoms with Gasteiger partial charge in [0.25, 0.3) is 0 Å². The van der Waals surface area contributed by atoms with E-state index >= 15 is 0 Å². The fraction of sp³-hybridized carbons (Fsp3) is 0.208. The Hall–Kier alpha value is -2.84. The summed E-state index contributed by atoms with van der Waals surface area (Å²) in [6.45, 7) is 2.00. The first-order valence-corrected chi connectivity index (χ1v) is 11.4. The lowest BCUT2D eigenvalue weighted by Gasteiger charge is -2.32. The zero-order chi connectivity index (χ0) is 19.9. The van der Waals surface area contributed by atoms with Crippen LogP contribution in [0.1, 0.15) is 12.8 Å². The summed E-state index contributed by atoms with van der Waals surface area (Å²) >= 11 is 0. The van der Waals surface area contributed by atoms with E-state index in [2.05, 4.69) is 70.0 Å². The van der Waals surface area contributed by atoms with Crippen molar-refractivity contribution in [3.63, 3.8) is 0 Å². The largest absolute Gasteiger partial charge is 0.427 e. The first-order valence-electron chi connectivity index (χ1n) is 9.99. The van der Waals surface area contributed by atoms with Gasteiger partial charge in [-0.25, -0.2) is 0 Å². The van der Waals surface area contributed by atoms with Crippen LogP contribution < -0.4 is 14.1 Å². The first kappa shape index (κ1) is 19.5. The first-order chi connectivity index (χ1) is 14.3. The van der Waals surface area contributed by atoms with Crippen molar-refractivity contribution in [1.29, 1.82) is 0 Å². The molecule has 3 aromatic rings. The number of hydrogen-bond acceptors (Lipinski definition) is 4. The second-order valence-corrected chi connectivity index (χ2v) is 9.06. The van der Waals surface area contributed by atoms with Crippen molar-refractivity contribution in [3.05, 3.63) is 91.0 Å². The zero-order valence-electron chi connectivity index (χ0n) is 16.4. The number of rotatable bonds is 7. The van der Waals surface area contributed by atoms with Gasteiger partial charge in [-0.2, -0.15) is 0 Å². The molecule has 1 fully saturated rings. The molecular weight excluding hydrogens is 379 g/mol. The van der Waals surface area contributed by atoms with Crippen molar-refractivity contribution in [3.8, 4) is 5.75 Å². The molecule has 1 aliphatic heterocycles. The highest BCUT2D eigenvalue weighted by molar-refractivity contribution is 7.61. The van der Waals surface area contributed by atoms with E-state index < -0.39 is 8.22 Å². The third-order valence-electron chi connectivity index (χ3n) is 4.90. The summed E-state index contributed by atoms with van der Waals surface area (Å²) in [5.41, 5.74) is 2.51. The van der Waals surface area contributed by atoms with Gasteiger partial charge in [0.15, 0.2) is 0 Å². The Kier molecular flexibility index (Phi) is 6.43. The molecule has 1 aliphatic rings. The quantitative estimate of drug-likeness (QED) is 0.287. The van der Waals surface area contributed by atoms with Gasteiger partial charge in [-0.1, -0.05) is 54.6 Å². The van der Waals surface area contributed by atoms with Crippen molar-refractivity contribution < 1.29 is 9.53 Å². The van der Waals surface area contributed by atoms with Crippen LogP contribution in [0.15, 0.2) is 91.0 Å². The van der Waals surface area contributed by atoms with E-state index in [0.717, 1.165) is 25.7 Å². The Morgan fingerprint density at radius 2 is 1.24 bits per heavy atom.